The van der Waals surface area contributed by atoms with Crippen molar-refractivity contribution in [1.29, 1.82) is 0 Å². The summed E-state index contributed by atoms with van der Waals surface area (Å²) in [7, 11) is 0. The maximum absolute atomic E-state index is 11.7. The van der Waals surface area contributed by atoms with E-state index in [0.717, 1.165) is 50.1 Å². The molecule has 1 saturated heterocycles. The minimum Gasteiger partial charge on any atom is -0.493 e. The number of aromatic carboxylic acids is 1. The third-order valence-corrected chi connectivity index (χ3v) is 6.47. The van der Waals surface area contributed by atoms with Gasteiger partial charge in [0.25, 0.3) is 0 Å². The zero-order chi connectivity index (χ0) is 23.0. The lowest BCUT2D eigenvalue weighted by atomic mass is 9.81. The summed E-state index contributed by atoms with van der Waals surface area (Å²) in [4.78, 5) is 22.7. The Kier molecular flexibility index (Phi) is 7.79. The molecule has 33 heavy (non-hydrogen) atoms. The largest absolute Gasteiger partial charge is 0.493 e. The van der Waals surface area contributed by atoms with E-state index in [9.17, 15) is 9.59 Å². The van der Waals surface area contributed by atoms with Crippen LogP contribution in [0.4, 0.5) is 0 Å². The molecule has 6 heteroatoms. The number of allylic oxidation sites excluding steroid dienone is 1. The molecule has 2 aromatic carbocycles. The van der Waals surface area contributed by atoms with Gasteiger partial charge in [-0.2, -0.15) is 0 Å². The van der Waals surface area contributed by atoms with E-state index in [2.05, 4.69) is 17.4 Å². The van der Waals surface area contributed by atoms with Gasteiger partial charge in [-0.05, 0) is 79.3 Å². The first kappa shape index (κ1) is 23.1. The lowest BCUT2D eigenvalue weighted by Crippen LogP contribution is -2.38. The fourth-order valence-corrected chi connectivity index (χ4v) is 4.61. The van der Waals surface area contributed by atoms with E-state index in [1.54, 1.807) is 24.3 Å². The number of carbonyl (C=O) groups is 2. The first-order chi connectivity index (χ1) is 16.1. The summed E-state index contributed by atoms with van der Waals surface area (Å²) in [5, 5.41) is 12.5. The molecule has 2 aliphatic rings. The zero-order valence-electron chi connectivity index (χ0n) is 18.8. The van der Waals surface area contributed by atoms with Gasteiger partial charge in [-0.3, -0.25) is 4.79 Å². The van der Waals surface area contributed by atoms with Gasteiger partial charge in [0.1, 0.15) is 11.5 Å². The second-order valence-corrected chi connectivity index (χ2v) is 8.71. The van der Waals surface area contributed by atoms with Gasteiger partial charge in [0.05, 0.1) is 18.8 Å². The molecule has 0 amide bonds. The summed E-state index contributed by atoms with van der Waals surface area (Å²) in [5.41, 5.74) is 2.49. The average molecular weight is 450 g/mol. The number of rotatable bonds is 9. The summed E-state index contributed by atoms with van der Waals surface area (Å²) in [6.45, 7) is 2.99. The van der Waals surface area contributed by atoms with Gasteiger partial charge in [-0.25, -0.2) is 4.79 Å². The van der Waals surface area contributed by atoms with Gasteiger partial charge < -0.3 is 19.9 Å². The van der Waals surface area contributed by atoms with Crippen LogP contribution in [0.25, 0.3) is 0 Å². The number of carbonyl (C=O) groups excluding carboxylic acids is 1. The first-order valence-corrected chi connectivity index (χ1v) is 11.7. The lowest BCUT2D eigenvalue weighted by molar-refractivity contribution is -0.114. The fraction of sp³-hybridized carbons (Fsp3) is 0.407. The van der Waals surface area contributed by atoms with Crippen LogP contribution in [0.3, 0.4) is 0 Å². The molecular weight excluding hydrogens is 418 g/mol. The van der Waals surface area contributed by atoms with E-state index in [4.69, 9.17) is 14.6 Å². The summed E-state index contributed by atoms with van der Waals surface area (Å²) >= 11 is 0. The number of piperidine rings is 1. The van der Waals surface area contributed by atoms with Crippen molar-refractivity contribution in [3.05, 3.63) is 71.3 Å². The topological polar surface area (TPSA) is 84.9 Å². The predicted octanol–water partition coefficient (Wildman–Crippen LogP) is 4.61. The summed E-state index contributed by atoms with van der Waals surface area (Å²) < 4.78 is 11.9. The molecule has 2 N–H and O–H groups in total. The number of nitrogens with one attached hydrogen (secondary N) is 1. The van der Waals surface area contributed by atoms with Crippen molar-refractivity contribution >= 4 is 11.8 Å². The zero-order valence-corrected chi connectivity index (χ0v) is 18.8. The Morgan fingerprint density at radius 2 is 1.76 bits per heavy atom. The van der Waals surface area contributed by atoms with Crippen LogP contribution in [0.15, 0.2) is 60.2 Å². The Morgan fingerprint density at radius 1 is 1.03 bits per heavy atom. The molecule has 0 radical (unpaired) electrons. The molecular formula is C27H31NO5. The maximum Gasteiger partial charge on any atom is 0.335 e. The molecule has 1 saturated carbocycles. The molecule has 0 spiro atoms. The number of Topliss-reactive ketones (excluding diaryl/α,β-unsaturated/α-hetero) is 1. The van der Waals surface area contributed by atoms with Gasteiger partial charge in [-0.1, -0.05) is 18.2 Å². The van der Waals surface area contributed by atoms with Crippen molar-refractivity contribution in [1.82, 2.24) is 5.32 Å². The fourth-order valence-electron chi connectivity index (χ4n) is 4.61. The molecule has 1 heterocycles. The van der Waals surface area contributed by atoms with Gasteiger partial charge in [-0.15, -0.1) is 0 Å². The monoisotopic (exact) mass is 449 g/mol. The Labute approximate surface area is 194 Å². The van der Waals surface area contributed by atoms with E-state index < -0.39 is 5.97 Å². The highest BCUT2D eigenvalue weighted by Gasteiger charge is 2.27. The number of carboxylic acids is 1. The van der Waals surface area contributed by atoms with Crippen molar-refractivity contribution in [2.75, 3.05) is 26.3 Å². The van der Waals surface area contributed by atoms with Crippen LogP contribution < -0.4 is 14.8 Å². The molecule has 6 nitrogen and oxygen atoms in total. The van der Waals surface area contributed by atoms with Crippen molar-refractivity contribution in [2.24, 2.45) is 5.92 Å². The normalized spacial score (nSPS) is 21.8. The highest BCUT2D eigenvalue weighted by atomic mass is 16.5. The van der Waals surface area contributed by atoms with Crippen LogP contribution in [0.5, 0.6) is 11.5 Å². The Bertz CT molecular complexity index is 981. The minimum absolute atomic E-state index is 0.255. The molecule has 2 fully saturated rings. The number of ether oxygens (including phenoxy) is 2. The van der Waals surface area contributed by atoms with E-state index >= 15 is 0 Å². The minimum atomic E-state index is -0.938. The summed E-state index contributed by atoms with van der Waals surface area (Å²) in [6.07, 6.45) is 6.39. The van der Waals surface area contributed by atoms with Crippen molar-refractivity contribution in [2.45, 2.75) is 38.0 Å². The van der Waals surface area contributed by atoms with Crippen molar-refractivity contribution in [3.8, 4) is 11.5 Å². The molecule has 4 rings (SSSR count). The van der Waals surface area contributed by atoms with E-state index in [1.165, 1.54) is 5.56 Å². The Morgan fingerprint density at radius 3 is 2.45 bits per heavy atom. The van der Waals surface area contributed by atoms with E-state index in [0.29, 0.717) is 37.2 Å². The van der Waals surface area contributed by atoms with Gasteiger partial charge in [0, 0.05) is 25.3 Å². The van der Waals surface area contributed by atoms with Crippen LogP contribution >= 0.6 is 0 Å². The van der Waals surface area contributed by atoms with Crippen LogP contribution in [-0.2, 0) is 4.79 Å². The lowest BCUT2D eigenvalue weighted by Gasteiger charge is -2.32. The number of hydrogen-bond donors (Lipinski definition) is 2. The smallest absolute Gasteiger partial charge is 0.335 e. The molecule has 0 aromatic heterocycles. The van der Waals surface area contributed by atoms with Gasteiger partial charge in [0.15, 0.2) is 5.78 Å². The summed E-state index contributed by atoms with van der Waals surface area (Å²) in [5.74, 6) is 1.58. The molecule has 1 aliphatic carbocycles. The van der Waals surface area contributed by atoms with Crippen LogP contribution in [0, 0.1) is 5.92 Å². The number of hydrogen-bond acceptors (Lipinski definition) is 5. The maximum atomic E-state index is 11.7. The van der Waals surface area contributed by atoms with E-state index in [-0.39, 0.29) is 11.3 Å². The Balaban J connectivity index is 1.29. The molecule has 174 valence electrons. The second-order valence-electron chi connectivity index (χ2n) is 8.71. The van der Waals surface area contributed by atoms with Crippen LogP contribution in [-0.4, -0.2) is 43.2 Å². The Hall–Kier alpha value is -3.12. The number of benzene rings is 2. The second kappa shape index (κ2) is 11.1. The molecule has 0 unspecified atom stereocenters. The highest BCUT2D eigenvalue weighted by Crippen LogP contribution is 2.32. The van der Waals surface area contributed by atoms with Crippen molar-refractivity contribution in [3.63, 3.8) is 0 Å². The predicted molar refractivity (Wildman–Crippen MR) is 126 cm³/mol. The van der Waals surface area contributed by atoms with Gasteiger partial charge in [0.2, 0.25) is 0 Å². The van der Waals surface area contributed by atoms with E-state index in [1.807, 2.05) is 18.2 Å². The third kappa shape index (κ3) is 6.23. The van der Waals surface area contributed by atoms with Crippen LogP contribution in [0.1, 0.15) is 53.9 Å². The van der Waals surface area contributed by atoms with Gasteiger partial charge >= 0.3 is 5.97 Å². The molecule has 2 aromatic rings. The molecule has 0 bridgehead atoms. The molecule has 1 aliphatic heterocycles. The molecule has 2 atom stereocenters. The third-order valence-electron chi connectivity index (χ3n) is 6.47. The SMILES string of the molecule is O=C1CCCC1=CCCOc1ccc([C@@H]2CCNC[C@H]2COc2ccc(C(=O)O)cc2)cc1. The number of ketones is 1. The average Bonchev–Trinajstić information content (AvgIpc) is 3.26. The summed E-state index contributed by atoms with van der Waals surface area (Å²) in [6, 6.07) is 14.9. The quantitative estimate of drug-likeness (QED) is 0.430. The first-order valence-electron chi connectivity index (χ1n) is 11.7. The highest BCUT2D eigenvalue weighted by molar-refractivity contribution is 5.97. The standard InChI is InChI=1S/C27H31NO5/c29-26-5-1-3-20(26)4-2-16-32-23-10-6-19(7-11-23)25-14-15-28-17-22(25)18-33-24-12-8-21(9-13-24)27(30)31/h4,6-13,22,25,28H,1-3,5,14-18H2,(H,30,31)/t22-,25-/m0/s1. The van der Waals surface area contributed by atoms with Crippen molar-refractivity contribution < 1.29 is 24.2 Å². The number of carboxylic acid groups (broad SMARTS) is 1. The van der Waals surface area contributed by atoms with Crippen LogP contribution in [0.2, 0.25) is 0 Å².